The Hall–Kier alpha value is -3.15. The zero-order valence-corrected chi connectivity index (χ0v) is 14.6. The summed E-state index contributed by atoms with van der Waals surface area (Å²) >= 11 is 0. The first-order valence-electron chi connectivity index (χ1n) is 8.70. The lowest BCUT2D eigenvalue weighted by molar-refractivity contribution is -0.130. The van der Waals surface area contributed by atoms with Gasteiger partial charge in [-0.3, -0.25) is 9.59 Å². The molecule has 4 rings (SSSR count). The number of H-pyrrole nitrogens is 1. The zero-order chi connectivity index (χ0) is 18.1. The summed E-state index contributed by atoms with van der Waals surface area (Å²) < 4.78 is 0. The van der Waals surface area contributed by atoms with E-state index in [1.54, 1.807) is 11.8 Å². The molecule has 1 N–H and O–H groups in total. The summed E-state index contributed by atoms with van der Waals surface area (Å²) in [5.74, 6) is 0.0671. The van der Waals surface area contributed by atoms with Gasteiger partial charge in [0, 0.05) is 62.0 Å². The van der Waals surface area contributed by atoms with Gasteiger partial charge in [0.15, 0.2) is 0 Å². The molecule has 0 radical (unpaired) electrons. The van der Waals surface area contributed by atoms with Gasteiger partial charge in [-0.15, -0.1) is 0 Å². The van der Waals surface area contributed by atoms with E-state index >= 15 is 0 Å². The molecule has 0 spiro atoms. The number of carbonyl (C=O) groups excluding carboxylic acids is 2. The molecular weight excluding hydrogens is 328 g/mol. The Morgan fingerprint density at radius 1 is 1.00 bits per heavy atom. The van der Waals surface area contributed by atoms with Crippen LogP contribution in [0.5, 0.6) is 0 Å². The maximum Gasteiger partial charge on any atom is 0.253 e. The van der Waals surface area contributed by atoms with Crippen molar-refractivity contribution in [3.63, 3.8) is 0 Å². The third-order valence-electron chi connectivity index (χ3n) is 4.86. The zero-order valence-electron chi connectivity index (χ0n) is 14.6. The Kier molecular flexibility index (Phi) is 4.16. The fourth-order valence-electron chi connectivity index (χ4n) is 3.34. The van der Waals surface area contributed by atoms with Crippen LogP contribution in [-0.2, 0) is 4.79 Å². The molecule has 0 atom stereocenters. The van der Waals surface area contributed by atoms with Crippen LogP contribution in [0.1, 0.15) is 17.3 Å². The first kappa shape index (κ1) is 16.3. The fourth-order valence-corrected chi connectivity index (χ4v) is 3.34. The quantitative estimate of drug-likeness (QED) is 0.774. The van der Waals surface area contributed by atoms with E-state index in [-0.39, 0.29) is 11.8 Å². The van der Waals surface area contributed by atoms with Crippen LogP contribution in [0, 0.1) is 0 Å². The number of hydrogen-bond acceptors (Lipinski definition) is 3. The SMILES string of the molecule is CC(=O)N1CCN(C(=O)c2cccc(-c3cnc4[nH]ccc4c3)c2)CC1. The van der Waals surface area contributed by atoms with E-state index in [4.69, 9.17) is 0 Å². The van der Waals surface area contributed by atoms with Crippen LogP contribution >= 0.6 is 0 Å². The highest BCUT2D eigenvalue weighted by atomic mass is 16.2. The molecule has 0 aliphatic carbocycles. The van der Waals surface area contributed by atoms with Gasteiger partial charge < -0.3 is 14.8 Å². The van der Waals surface area contributed by atoms with Gasteiger partial charge >= 0.3 is 0 Å². The van der Waals surface area contributed by atoms with Crippen molar-refractivity contribution in [2.24, 2.45) is 0 Å². The molecule has 3 heterocycles. The molecular formula is C20H20N4O2. The summed E-state index contributed by atoms with van der Waals surface area (Å²) in [6, 6.07) is 11.7. The van der Waals surface area contributed by atoms with Gasteiger partial charge in [0.2, 0.25) is 5.91 Å². The summed E-state index contributed by atoms with van der Waals surface area (Å²) in [5, 5.41) is 1.04. The number of rotatable bonds is 2. The van der Waals surface area contributed by atoms with Crippen LogP contribution in [-0.4, -0.2) is 57.8 Å². The Morgan fingerprint density at radius 2 is 1.77 bits per heavy atom. The van der Waals surface area contributed by atoms with Crippen LogP contribution in [0.3, 0.4) is 0 Å². The molecule has 0 unspecified atom stereocenters. The van der Waals surface area contributed by atoms with Crippen molar-refractivity contribution in [2.45, 2.75) is 6.92 Å². The largest absolute Gasteiger partial charge is 0.346 e. The molecule has 6 heteroatoms. The van der Waals surface area contributed by atoms with Crippen LogP contribution in [0.15, 0.2) is 48.8 Å². The van der Waals surface area contributed by atoms with Crippen molar-refractivity contribution in [1.29, 1.82) is 0 Å². The molecule has 0 bridgehead atoms. The van der Waals surface area contributed by atoms with Crippen molar-refractivity contribution in [3.05, 3.63) is 54.4 Å². The summed E-state index contributed by atoms with van der Waals surface area (Å²) in [5.41, 5.74) is 3.46. The average molecular weight is 348 g/mol. The third-order valence-corrected chi connectivity index (χ3v) is 4.86. The molecule has 2 aromatic heterocycles. The number of hydrogen-bond donors (Lipinski definition) is 1. The lowest BCUT2D eigenvalue weighted by Gasteiger charge is -2.34. The van der Waals surface area contributed by atoms with Crippen LogP contribution in [0.4, 0.5) is 0 Å². The number of fused-ring (bicyclic) bond motifs is 1. The van der Waals surface area contributed by atoms with E-state index in [1.165, 1.54) is 0 Å². The number of nitrogens with one attached hydrogen (secondary N) is 1. The van der Waals surface area contributed by atoms with Crippen molar-refractivity contribution < 1.29 is 9.59 Å². The summed E-state index contributed by atoms with van der Waals surface area (Å²) in [6.07, 6.45) is 3.68. The third kappa shape index (κ3) is 3.06. The molecule has 1 aliphatic heterocycles. The highest BCUT2D eigenvalue weighted by Gasteiger charge is 2.23. The molecule has 0 saturated carbocycles. The standard InChI is InChI=1S/C20H20N4O2/c1-14(25)23-7-9-24(10-8-23)20(26)17-4-2-3-15(11-17)18-12-16-5-6-21-19(16)22-13-18/h2-6,11-13H,7-10H2,1H3,(H,21,22). The van der Waals surface area contributed by atoms with Gasteiger partial charge in [0.25, 0.3) is 5.91 Å². The molecule has 1 fully saturated rings. The van der Waals surface area contributed by atoms with E-state index in [9.17, 15) is 9.59 Å². The number of nitrogens with zero attached hydrogens (tertiary/aromatic N) is 3. The van der Waals surface area contributed by atoms with Crippen molar-refractivity contribution in [3.8, 4) is 11.1 Å². The van der Waals surface area contributed by atoms with E-state index in [0.717, 1.165) is 22.2 Å². The Labute approximate surface area is 151 Å². The number of aromatic nitrogens is 2. The first-order valence-corrected chi connectivity index (χ1v) is 8.70. The van der Waals surface area contributed by atoms with Crippen molar-refractivity contribution >= 4 is 22.8 Å². The maximum absolute atomic E-state index is 12.8. The molecule has 26 heavy (non-hydrogen) atoms. The van der Waals surface area contributed by atoms with E-state index < -0.39 is 0 Å². The molecule has 1 aromatic carbocycles. The number of benzene rings is 1. The predicted octanol–water partition coefficient (Wildman–Crippen LogP) is 2.53. The van der Waals surface area contributed by atoms with Crippen molar-refractivity contribution in [1.82, 2.24) is 19.8 Å². The second kappa shape index (κ2) is 6.63. The van der Waals surface area contributed by atoms with E-state index in [2.05, 4.69) is 16.0 Å². The van der Waals surface area contributed by atoms with Gasteiger partial charge in [0.05, 0.1) is 0 Å². The van der Waals surface area contributed by atoms with Crippen LogP contribution < -0.4 is 0 Å². The second-order valence-electron chi connectivity index (χ2n) is 6.52. The monoisotopic (exact) mass is 348 g/mol. The molecule has 1 saturated heterocycles. The summed E-state index contributed by atoms with van der Waals surface area (Å²) in [4.78, 5) is 35.4. The molecule has 2 amide bonds. The normalized spacial score (nSPS) is 14.7. The van der Waals surface area contributed by atoms with Crippen LogP contribution in [0.2, 0.25) is 0 Å². The summed E-state index contributed by atoms with van der Waals surface area (Å²) in [6.45, 7) is 3.89. The van der Waals surface area contributed by atoms with Crippen LogP contribution in [0.25, 0.3) is 22.2 Å². The first-order chi connectivity index (χ1) is 12.6. The fraction of sp³-hybridized carbons (Fsp3) is 0.250. The highest BCUT2D eigenvalue weighted by molar-refractivity contribution is 5.96. The average Bonchev–Trinajstić information content (AvgIpc) is 3.15. The molecule has 132 valence electrons. The number of amides is 2. The minimum Gasteiger partial charge on any atom is -0.346 e. The number of piperazine rings is 1. The van der Waals surface area contributed by atoms with Gasteiger partial charge in [0.1, 0.15) is 5.65 Å². The Balaban J connectivity index is 1.55. The predicted molar refractivity (Wildman–Crippen MR) is 99.7 cm³/mol. The minimum atomic E-state index is 0.00531. The highest BCUT2D eigenvalue weighted by Crippen LogP contribution is 2.24. The number of carbonyl (C=O) groups is 2. The Bertz CT molecular complexity index is 971. The van der Waals surface area contributed by atoms with Gasteiger partial charge in [-0.25, -0.2) is 4.98 Å². The molecule has 6 nitrogen and oxygen atoms in total. The maximum atomic E-state index is 12.8. The van der Waals surface area contributed by atoms with E-state index in [0.29, 0.717) is 31.7 Å². The topological polar surface area (TPSA) is 69.3 Å². The Morgan fingerprint density at radius 3 is 2.54 bits per heavy atom. The van der Waals surface area contributed by atoms with Crippen molar-refractivity contribution in [2.75, 3.05) is 26.2 Å². The van der Waals surface area contributed by atoms with Gasteiger partial charge in [-0.2, -0.15) is 0 Å². The van der Waals surface area contributed by atoms with Gasteiger partial charge in [-0.05, 0) is 29.8 Å². The van der Waals surface area contributed by atoms with E-state index in [1.807, 2.05) is 47.6 Å². The lowest BCUT2D eigenvalue weighted by Crippen LogP contribution is -2.50. The minimum absolute atomic E-state index is 0.00531. The smallest absolute Gasteiger partial charge is 0.253 e. The second-order valence-corrected chi connectivity index (χ2v) is 6.52. The number of aromatic amines is 1. The molecule has 1 aliphatic rings. The summed E-state index contributed by atoms with van der Waals surface area (Å²) in [7, 11) is 0. The number of pyridine rings is 1. The molecule has 3 aromatic rings. The van der Waals surface area contributed by atoms with Gasteiger partial charge in [-0.1, -0.05) is 12.1 Å². The lowest BCUT2D eigenvalue weighted by atomic mass is 10.0.